The highest BCUT2D eigenvalue weighted by Gasteiger charge is 2.27. The fraction of sp³-hybridized carbons (Fsp3) is 0.304. The lowest BCUT2D eigenvalue weighted by Crippen LogP contribution is -2.38. The standard InChI is InChI=1S/C23H24ClN3O3S2/c1-27(18-5-3-2-4-6-18)23(28)22-26-20(15-7-11-17(24)12-8-15)21(31-22)16-9-13-19(14-10-16)32(25,29)30/h7-14,18H,2-6H2,1H3,(H2,25,29,30). The second-order valence-corrected chi connectivity index (χ2v) is 11.0. The third-order valence-corrected chi connectivity index (χ3v) is 8.09. The van der Waals surface area contributed by atoms with Gasteiger partial charge in [-0.2, -0.15) is 0 Å². The van der Waals surface area contributed by atoms with E-state index in [1.165, 1.54) is 29.9 Å². The summed E-state index contributed by atoms with van der Waals surface area (Å²) in [6, 6.07) is 13.8. The molecule has 2 N–H and O–H groups in total. The third-order valence-electron chi connectivity index (χ3n) is 5.82. The van der Waals surface area contributed by atoms with Crippen LogP contribution in [0.15, 0.2) is 53.4 Å². The zero-order chi connectivity index (χ0) is 22.9. The molecule has 0 unspecified atom stereocenters. The van der Waals surface area contributed by atoms with E-state index < -0.39 is 10.0 Å². The highest BCUT2D eigenvalue weighted by molar-refractivity contribution is 7.89. The number of halogens is 1. The van der Waals surface area contributed by atoms with E-state index in [-0.39, 0.29) is 16.8 Å². The molecule has 1 aliphatic rings. The van der Waals surface area contributed by atoms with Crippen molar-refractivity contribution in [3.8, 4) is 21.7 Å². The van der Waals surface area contributed by atoms with Crippen molar-refractivity contribution in [2.45, 2.75) is 43.0 Å². The molecule has 2 aromatic carbocycles. The molecule has 0 atom stereocenters. The largest absolute Gasteiger partial charge is 0.337 e. The van der Waals surface area contributed by atoms with Gasteiger partial charge >= 0.3 is 0 Å². The lowest BCUT2D eigenvalue weighted by atomic mass is 9.94. The average molecular weight is 490 g/mol. The zero-order valence-corrected chi connectivity index (χ0v) is 20.0. The van der Waals surface area contributed by atoms with Crippen LogP contribution in [-0.2, 0) is 10.0 Å². The molecule has 0 aliphatic heterocycles. The Balaban J connectivity index is 1.75. The Bertz CT molecular complexity index is 1220. The van der Waals surface area contributed by atoms with Gasteiger partial charge in [-0.1, -0.05) is 55.1 Å². The fourth-order valence-corrected chi connectivity index (χ4v) is 5.71. The van der Waals surface area contributed by atoms with Gasteiger partial charge in [-0.3, -0.25) is 4.79 Å². The van der Waals surface area contributed by atoms with E-state index in [0.717, 1.165) is 41.7 Å². The van der Waals surface area contributed by atoms with Crippen molar-refractivity contribution in [3.63, 3.8) is 0 Å². The number of carbonyl (C=O) groups excluding carboxylic acids is 1. The molecule has 1 saturated carbocycles. The molecule has 1 amide bonds. The van der Waals surface area contributed by atoms with Gasteiger partial charge in [-0.15, -0.1) is 11.3 Å². The number of nitrogens with zero attached hydrogens (tertiary/aromatic N) is 2. The molecule has 32 heavy (non-hydrogen) atoms. The summed E-state index contributed by atoms with van der Waals surface area (Å²) in [5.74, 6) is -0.0930. The maximum atomic E-state index is 13.3. The summed E-state index contributed by atoms with van der Waals surface area (Å²) in [7, 11) is -1.94. The maximum absolute atomic E-state index is 13.3. The molecule has 1 fully saturated rings. The van der Waals surface area contributed by atoms with Crippen molar-refractivity contribution in [2.75, 3.05) is 7.05 Å². The summed E-state index contributed by atoms with van der Waals surface area (Å²) in [4.78, 5) is 20.6. The van der Waals surface area contributed by atoms with E-state index in [4.69, 9.17) is 21.7 Å². The Morgan fingerprint density at radius 2 is 1.62 bits per heavy atom. The maximum Gasteiger partial charge on any atom is 0.282 e. The minimum atomic E-state index is -3.79. The topological polar surface area (TPSA) is 93.4 Å². The van der Waals surface area contributed by atoms with Crippen LogP contribution in [0.4, 0.5) is 0 Å². The first kappa shape index (κ1) is 22.9. The predicted molar refractivity (Wildman–Crippen MR) is 128 cm³/mol. The number of rotatable bonds is 5. The van der Waals surface area contributed by atoms with E-state index in [0.29, 0.717) is 15.7 Å². The smallest absolute Gasteiger partial charge is 0.282 e. The lowest BCUT2D eigenvalue weighted by molar-refractivity contribution is 0.0696. The number of primary sulfonamides is 1. The minimum absolute atomic E-state index is 0.0344. The van der Waals surface area contributed by atoms with Crippen LogP contribution in [0.5, 0.6) is 0 Å². The van der Waals surface area contributed by atoms with Crippen LogP contribution in [0.1, 0.15) is 41.9 Å². The first-order chi connectivity index (χ1) is 15.2. The minimum Gasteiger partial charge on any atom is -0.337 e. The van der Waals surface area contributed by atoms with E-state index in [2.05, 4.69) is 0 Å². The number of benzene rings is 2. The van der Waals surface area contributed by atoms with Crippen molar-refractivity contribution in [3.05, 3.63) is 58.6 Å². The Morgan fingerprint density at radius 3 is 2.22 bits per heavy atom. The van der Waals surface area contributed by atoms with Crippen molar-refractivity contribution >= 4 is 38.9 Å². The van der Waals surface area contributed by atoms with Gasteiger partial charge in [0.15, 0.2) is 5.01 Å². The Morgan fingerprint density at radius 1 is 1.03 bits per heavy atom. The lowest BCUT2D eigenvalue weighted by Gasteiger charge is -2.30. The normalized spacial score (nSPS) is 15.0. The SMILES string of the molecule is CN(C(=O)c1nc(-c2ccc(Cl)cc2)c(-c2ccc(S(N)(=O)=O)cc2)s1)C1CCCCC1. The molecule has 0 radical (unpaired) electrons. The number of aromatic nitrogens is 1. The van der Waals surface area contributed by atoms with Crippen LogP contribution in [0, 0.1) is 0 Å². The summed E-state index contributed by atoms with van der Waals surface area (Å²) in [5, 5.41) is 6.25. The molecule has 1 aliphatic carbocycles. The number of nitrogens with two attached hydrogens (primary N) is 1. The van der Waals surface area contributed by atoms with Crippen molar-refractivity contribution in [2.24, 2.45) is 5.14 Å². The van der Waals surface area contributed by atoms with Crippen LogP contribution >= 0.6 is 22.9 Å². The predicted octanol–water partition coefficient (Wildman–Crippen LogP) is 5.18. The van der Waals surface area contributed by atoms with Gasteiger partial charge in [-0.25, -0.2) is 18.5 Å². The Hall–Kier alpha value is -2.26. The summed E-state index contributed by atoms with van der Waals surface area (Å²) in [5.41, 5.74) is 2.25. The molecule has 0 saturated heterocycles. The number of carbonyl (C=O) groups is 1. The van der Waals surface area contributed by atoms with Gasteiger partial charge in [0.25, 0.3) is 5.91 Å². The molecule has 168 valence electrons. The van der Waals surface area contributed by atoms with Gasteiger partial charge in [0, 0.05) is 23.7 Å². The number of thiazole rings is 1. The van der Waals surface area contributed by atoms with Crippen LogP contribution in [0.3, 0.4) is 0 Å². The van der Waals surface area contributed by atoms with Crippen LogP contribution in [0.2, 0.25) is 5.02 Å². The summed E-state index contributed by atoms with van der Waals surface area (Å²) in [6.45, 7) is 0. The van der Waals surface area contributed by atoms with E-state index in [9.17, 15) is 13.2 Å². The van der Waals surface area contributed by atoms with E-state index in [1.807, 2.05) is 24.1 Å². The second-order valence-electron chi connectivity index (χ2n) is 7.98. The van der Waals surface area contributed by atoms with Crippen LogP contribution < -0.4 is 5.14 Å². The zero-order valence-electron chi connectivity index (χ0n) is 17.6. The number of amides is 1. The number of sulfonamides is 1. The third kappa shape index (κ3) is 4.88. The second kappa shape index (κ2) is 9.31. The molecule has 0 bridgehead atoms. The van der Waals surface area contributed by atoms with E-state index in [1.54, 1.807) is 24.3 Å². The van der Waals surface area contributed by atoms with Gasteiger partial charge in [0.05, 0.1) is 15.5 Å². The molecule has 9 heteroatoms. The molecule has 1 aromatic heterocycles. The molecule has 1 heterocycles. The molecule has 3 aromatic rings. The summed E-state index contributed by atoms with van der Waals surface area (Å²) >= 11 is 7.36. The molecule has 6 nitrogen and oxygen atoms in total. The van der Waals surface area contributed by atoms with Gasteiger partial charge in [-0.05, 0) is 42.7 Å². The quantitative estimate of drug-likeness (QED) is 0.534. The number of hydrogen-bond acceptors (Lipinski definition) is 5. The molecular formula is C23H24ClN3O3S2. The highest BCUT2D eigenvalue weighted by Crippen LogP contribution is 2.38. The van der Waals surface area contributed by atoms with Crippen LogP contribution in [0.25, 0.3) is 21.7 Å². The van der Waals surface area contributed by atoms with Gasteiger partial charge < -0.3 is 4.90 Å². The van der Waals surface area contributed by atoms with Crippen molar-refractivity contribution in [1.82, 2.24) is 9.88 Å². The first-order valence-electron chi connectivity index (χ1n) is 10.4. The number of hydrogen-bond donors (Lipinski definition) is 1. The van der Waals surface area contributed by atoms with Crippen molar-refractivity contribution in [1.29, 1.82) is 0 Å². The fourth-order valence-electron chi connectivity index (χ4n) is 3.99. The monoisotopic (exact) mass is 489 g/mol. The van der Waals surface area contributed by atoms with Gasteiger partial charge in [0.1, 0.15) is 0 Å². The van der Waals surface area contributed by atoms with Gasteiger partial charge in [0.2, 0.25) is 10.0 Å². The molecule has 0 spiro atoms. The summed E-state index contributed by atoms with van der Waals surface area (Å²) < 4.78 is 23.3. The Kier molecular flexibility index (Phi) is 6.67. The average Bonchev–Trinajstić information content (AvgIpc) is 3.24. The Labute approximate surface area is 197 Å². The van der Waals surface area contributed by atoms with Crippen LogP contribution in [-0.4, -0.2) is 37.3 Å². The first-order valence-corrected chi connectivity index (χ1v) is 13.2. The van der Waals surface area contributed by atoms with E-state index >= 15 is 0 Å². The summed E-state index contributed by atoms with van der Waals surface area (Å²) in [6.07, 6.45) is 5.52. The molecular weight excluding hydrogens is 466 g/mol. The molecule has 4 rings (SSSR count). The van der Waals surface area contributed by atoms with Crippen molar-refractivity contribution < 1.29 is 13.2 Å². The highest BCUT2D eigenvalue weighted by atomic mass is 35.5.